The number of benzene rings is 1. The maximum absolute atomic E-state index is 14.2. The first-order chi connectivity index (χ1) is 11.1. The van der Waals surface area contributed by atoms with E-state index in [2.05, 4.69) is 15.1 Å². The van der Waals surface area contributed by atoms with E-state index in [4.69, 9.17) is 4.52 Å². The summed E-state index contributed by atoms with van der Waals surface area (Å²) in [7, 11) is 1.62. The molecule has 0 bridgehead atoms. The van der Waals surface area contributed by atoms with Gasteiger partial charge in [-0.15, -0.1) is 0 Å². The summed E-state index contributed by atoms with van der Waals surface area (Å²) in [5.41, 5.74) is 1.69. The van der Waals surface area contributed by atoms with Crippen molar-refractivity contribution in [3.05, 3.63) is 47.5 Å². The summed E-state index contributed by atoms with van der Waals surface area (Å²) in [5, 5.41) is 3.88. The van der Waals surface area contributed by atoms with Crippen LogP contribution in [0.3, 0.4) is 0 Å². The van der Waals surface area contributed by atoms with Gasteiger partial charge in [-0.1, -0.05) is 11.2 Å². The molecule has 7 nitrogen and oxygen atoms in total. The average molecular weight is 313 g/mol. The van der Waals surface area contributed by atoms with Gasteiger partial charge in [0.25, 0.3) is 5.91 Å². The van der Waals surface area contributed by atoms with Crippen LogP contribution >= 0.6 is 0 Å². The molecule has 0 N–H and O–H groups in total. The van der Waals surface area contributed by atoms with Crippen LogP contribution in [0.15, 0.2) is 29.0 Å². The number of imidazole rings is 1. The van der Waals surface area contributed by atoms with Crippen molar-refractivity contribution in [1.29, 1.82) is 0 Å². The van der Waals surface area contributed by atoms with Gasteiger partial charge in [0.05, 0.1) is 23.5 Å². The number of carbonyl (C=O) groups excluding carboxylic acids is 1. The number of fused-ring (bicyclic) bond motifs is 3. The Morgan fingerprint density at radius 3 is 2.91 bits per heavy atom. The van der Waals surface area contributed by atoms with E-state index < -0.39 is 5.82 Å². The molecule has 8 heteroatoms. The molecule has 3 aromatic rings. The number of aromatic nitrogens is 4. The van der Waals surface area contributed by atoms with Crippen LogP contribution in [-0.2, 0) is 6.54 Å². The van der Waals surface area contributed by atoms with E-state index in [9.17, 15) is 9.18 Å². The molecule has 4 rings (SSSR count). The highest BCUT2D eigenvalue weighted by Gasteiger charge is 2.29. The van der Waals surface area contributed by atoms with Gasteiger partial charge in [0.15, 0.2) is 0 Å². The van der Waals surface area contributed by atoms with E-state index in [-0.39, 0.29) is 18.0 Å². The Balaban J connectivity index is 1.98. The second-order valence-electron chi connectivity index (χ2n) is 5.34. The number of rotatable bonds is 1. The van der Waals surface area contributed by atoms with E-state index in [0.29, 0.717) is 28.8 Å². The quantitative estimate of drug-likeness (QED) is 0.686. The lowest BCUT2D eigenvalue weighted by Gasteiger charge is -2.14. The number of amides is 1. The van der Waals surface area contributed by atoms with Gasteiger partial charge in [0.1, 0.15) is 17.8 Å². The molecular weight excluding hydrogens is 301 g/mol. The van der Waals surface area contributed by atoms with Crippen molar-refractivity contribution in [1.82, 2.24) is 24.6 Å². The predicted octanol–water partition coefficient (Wildman–Crippen LogP) is 1.96. The third-order valence-corrected chi connectivity index (χ3v) is 3.80. The first-order valence-corrected chi connectivity index (χ1v) is 6.97. The van der Waals surface area contributed by atoms with Crippen LogP contribution in [-0.4, -0.2) is 37.5 Å². The Morgan fingerprint density at radius 2 is 2.17 bits per heavy atom. The molecule has 0 fully saturated rings. The van der Waals surface area contributed by atoms with Crippen molar-refractivity contribution < 1.29 is 13.7 Å². The average Bonchev–Trinajstić information content (AvgIpc) is 3.10. The largest absolute Gasteiger partial charge is 0.339 e. The number of hydrogen-bond acceptors (Lipinski definition) is 5. The van der Waals surface area contributed by atoms with Crippen molar-refractivity contribution in [3.8, 4) is 17.2 Å². The van der Waals surface area contributed by atoms with Gasteiger partial charge in [-0.05, 0) is 12.1 Å². The lowest BCUT2D eigenvalue weighted by atomic mass is 10.1. The zero-order valence-corrected chi connectivity index (χ0v) is 12.4. The minimum atomic E-state index is -0.558. The molecule has 0 spiro atoms. The van der Waals surface area contributed by atoms with E-state index in [1.807, 2.05) is 0 Å². The molecule has 0 saturated carbocycles. The van der Waals surface area contributed by atoms with Crippen LogP contribution < -0.4 is 0 Å². The Bertz CT molecular complexity index is 930. The fourth-order valence-corrected chi connectivity index (χ4v) is 2.73. The fraction of sp³-hybridized carbons (Fsp3) is 0.200. The Hall–Kier alpha value is -3.03. The minimum absolute atomic E-state index is 0.0296. The molecule has 0 atom stereocenters. The van der Waals surface area contributed by atoms with Gasteiger partial charge in [-0.2, -0.15) is 4.98 Å². The first-order valence-electron chi connectivity index (χ1n) is 6.97. The van der Waals surface area contributed by atoms with E-state index in [1.165, 1.54) is 11.0 Å². The van der Waals surface area contributed by atoms with Gasteiger partial charge in [0, 0.05) is 14.0 Å². The molecule has 116 valence electrons. The van der Waals surface area contributed by atoms with Gasteiger partial charge in [-0.25, -0.2) is 9.37 Å². The Labute approximate surface area is 130 Å². The molecule has 0 aliphatic carbocycles. The topological polar surface area (TPSA) is 77.1 Å². The molecule has 1 aliphatic heterocycles. The highest BCUT2D eigenvalue weighted by atomic mass is 19.1. The van der Waals surface area contributed by atoms with Crippen LogP contribution in [0.1, 0.15) is 21.9 Å². The van der Waals surface area contributed by atoms with E-state index >= 15 is 0 Å². The lowest BCUT2D eigenvalue weighted by Crippen LogP contribution is -2.26. The van der Waals surface area contributed by atoms with Crippen molar-refractivity contribution in [2.24, 2.45) is 0 Å². The Kier molecular flexibility index (Phi) is 2.80. The molecule has 3 heterocycles. The lowest BCUT2D eigenvalue weighted by molar-refractivity contribution is 0.0783. The predicted molar refractivity (Wildman–Crippen MR) is 77.3 cm³/mol. The second-order valence-corrected chi connectivity index (χ2v) is 5.34. The Morgan fingerprint density at radius 1 is 1.35 bits per heavy atom. The van der Waals surface area contributed by atoms with Crippen LogP contribution in [0.2, 0.25) is 0 Å². The van der Waals surface area contributed by atoms with Gasteiger partial charge in [-0.3, -0.25) is 9.36 Å². The smallest absolute Gasteiger partial charge is 0.259 e. The molecule has 1 aromatic carbocycles. The second kappa shape index (κ2) is 4.73. The van der Waals surface area contributed by atoms with Crippen molar-refractivity contribution in [2.45, 2.75) is 13.5 Å². The summed E-state index contributed by atoms with van der Waals surface area (Å²) in [6, 6.07) is 4.52. The third-order valence-electron chi connectivity index (χ3n) is 3.80. The van der Waals surface area contributed by atoms with Gasteiger partial charge in [0.2, 0.25) is 11.7 Å². The molecule has 23 heavy (non-hydrogen) atoms. The van der Waals surface area contributed by atoms with Crippen LogP contribution in [0.25, 0.3) is 17.2 Å². The first kappa shape index (κ1) is 13.6. The molecule has 1 amide bonds. The van der Waals surface area contributed by atoms with E-state index in [0.717, 1.165) is 0 Å². The number of aryl methyl sites for hydroxylation is 1. The summed E-state index contributed by atoms with van der Waals surface area (Å²) >= 11 is 0. The fourth-order valence-electron chi connectivity index (χ4n) is 2.73. The normalized spacial score (nSPS) is 13.7. The summed E-state index contributed by atoms with van der Waals surface area (Å²) in [4.78, 5) is 22.4. The van der Waals surface area contributed by atoms with Gasteiger partial charge < -0.3 is 9.42 Å². The van der Waals surface area contributed by atoms with Crippen molar-refractivity contribution in [2.75, 3.05) is 7.05 Å². The highest BCUT2D eigenvalue weighted by molar-refractivity contribution is 5.98. The SMILES string of the molecule is Cc1nc(-c2ncn3c2CN(C)C(=O)c2c(F)cccc2-3)no1. The van der Waals surface area contributed by atoms with Crippen LogP contribution in [0.5, 0.6) is 0 Å². The monoisotopic (exact) mass is 313 g/mol. The zero-order chi connectivity index (χ0) is 16.1. The molecule has 0 radical (unpaired) electrons. The molecular formula is C15H12FN5O2. The van der Waals surface area contributed by atoms with Crippen LogP contribution in [0, 0.1) is 12.7 Å². The number of hydrogen-bond donors (Lipinski definition) is 0. The third kappa shape index (κ3) is 1.95. The zero-order valence-electron chi connectivity index (χ0n) is 12.4. The maximum atomic E-state index is 14.2. The molecule has 2 aromatic heterocycles. The standard InChI is InChI=1S/C15H12FN5O2/c1-8-18-14(19-23-8)13-11-6-20(2)15(22)12-9(16)4-3-5-10(12)21(11)7-17-13/h3-5,7H,6H2,1-2H3. The highest BCUT2D eigenvalue weighted by Crippen LogP contribution is 2.30. The number of nitrogens with zero attached hydrogens (tertiary/aromatic N) is 5. The number of carbonyl (C=O) groups is 1. The minimum Gasteiger partial charge on any atom is -0.339 e. The van der Waals surface area contributed by atoms with E-state index in [1.54, 1.807) is 37.0 Å². The van der Waals surface area contributed by atoms with Crippen LogP contribution in [0.4, 0.5) is 4.39 Å². The summed E-state index contributed by atoms with van der Waals surface area (Å²) in [6.07, 6.45) is 1.54. The maximum Gasteiger partial charge on any atom is 0.259 e. The molecule has 0 saturated heterocycles. The summed E-state index contributed by atoms with van der Waals surface area (Å²) in [5.74, 6) is -0.168. The summed E-state index contributed by atoms with van der Waals surface area (Å²) in [6.45, 7) is 1.95. The van der Waals surface area contributed by atoms with Crippen molar-refractivity contribution >= 4 is 5.91 Å². The summed E-state index contributed by atoms with van der Waals surface area (Å²) < 4.78 is 20.9. The molecule has 1 aliphatic rings. The molecule has 0 unspecified atom stereocenters. The van der Waals surface area contributed by atoms with Gasteiger partial charge >= 0.3 is 0 Å². The van der Waals surface area contributed by atoms with Crippen molar-refractivity contribution in [3.63, 3.8) is 0 Å². The number of halogens is 1.